The van der Waals surface area contributed by atoms with Crippen molar-refractivity contribution in [3.63, 3.8) is 0 Å². The van der Waals surface area contributed by atoms with Crippen molar-refractivity contribution in [1.29, 1.82) is 0 Å². The van der Waals surface area contributed by atoms with Crippen molar-refractivity contribution < 1.29 is 14.4 Å². The Morgan fingerprint density at radius 3 is 1.77 bits per heavy atom. The molecule has 30 heavy (non-hydrogen) atoms. The molecule has 0 saturated carbocycles. The summed E-state index contributed by atoms with van der Waals surface area (Å²) in [4.78, 5) is 41.8. The molecular weight excluding hydrogens is 396 g/mol. The first-order valence-corrected chi connectivity index (χ1v) is 10.8. The van der Waals surface area contributed by atoms with Crippen LogP contribution in [0.1, 0.15) is 26.3 Å². The number of hydrogen-bond donors (Lipinski definition) is 0. The predicted octanol–water partition coefficient (Wildman–Crippen LogP) is 3.91. The first-order chi connectivity index (χ1) is 14.6. The number of para-hydroxylation sites is 1. The van der Waals surface area contributed by atoms with Gasteiger partial charge < -0.3 is 0 Å². The van der Waals surface area contributed by atoms with Crippen molar-refractivity contribution >= 4 is 35.2 Å². The Bertz CT molecular complexity index is 1130. The first-order valence-electron chi connectivity index (χ1n) is 9.58. The fraction of sp³-hybridized carbons (Fsp3) is 0.125. The molecule has 0 spiro atoms. The standard InChI is InChI=1S/C24H18N2O3S/c1-30-24(16-10-4-2-5-11-16)20(23(29)26(24)17-12-6-3-7-13-17)25-21(27)18-14-8-9-15-19(18)22(25)28/h2-15,20H,1H3/t20-,24-/m0/s1. The monoisotopic (exact) mass is 414 g/mol. The molecule has 0 aliphatic carbocycles. The van der Waals surface area contributed by atoms with Crippen molar-refractivity contribution in [2.24, 2.45) is 0 Å². The number of benzene rings is 3. The second-order valence-electron chi connectivity index (χ2n) is 7.20. The molecule has 6 heteroatoms. The molecule has 2 atom stereocenters. The summed E-state index contributed by atoms with van der Waals surface area (Å²) in [6.07, 6.45) is 1.90. The average molecular weight is 414 g/mol. The van der Waals surface area contributed by atoms with E-state index in [2.05, 4.69) is 0 Å². The highest BCUT2D eigenvalue weighted by Crippen LogP contribution is 2.54. The predicted molar refractivity (Wildman–Crippen MR) is 116 cm³/mol. The molecule has 0 unspecified atom stereocenters. The molecule has 2 aliphatic rings. The van der Waals surface area contributed by atoms with Gasteiger partial charge in [0.2, 0.25) is 0 Å². The van der Waals surface area contributed by atoms with Gasteiger partial charge in [0.1, 0.15) is 4.87 Å². The molecule has 2 heterocycles. The summed E-state index contributed by atoms with van der Waals surface area (Å²) < 4.78 is 0. The Morgan fingerprint density at radius 1 is 0.733 bits per heavy atom. The van der Waals surface area contributed by atoms with Crippen LogP contribution in [0.2, 0.25) is 0 Å². The van der Waals surface area contributed by atoms with Gasteiger partial charge in [-0.3, -0.25) is 24.2 Å². The van der Waals surface area contributed by atoms with Gasteiger partial charge in [-0.2, -0.15) is 0 Å². The van der Waals surface area contributed by atoms with Crippen molar-refractivity contribution in [2.45, 2.75) is 10.9 Å². The lowest BCUT2D eigenvalue weighted by atomic mass is 9.85. The highest BCUT2D eigenvalue weighted by Gasteiger charge is 2.67. The molecule has 0 bridgehead atoms. The van der Waals surface area contributed by atoms with Crippen LogP contribution in [0.4, 0.5) is 5.69 Å². The normalized spacial score (nSPS) is 22.8. The second kappa shape index (κ2) is 6.85. The van der Waals surface area contributed by atoms with Gasteiger partial charge in [0.15, 0.2) is 6.04 Å². The molecule has 148 valence electrons. The quantitative estimate of drug-likeness (QED) is 0.480. The average Bonchev–Trinajstić information content (AvgIpc) is 3.04. The lowest BCUT2D eigenvalue weighted by Crippen LogP contribution is -2.76. The molecule has 0 N–H and O–H groups in total. The van der Waals surface area contributed by atoms with Crippen molar-refractivity contribution in [3.05, 3.63) is 102 Å². The smallest absolute Gasteiger partial charge is 0.262 e. The van der Waals surface area contributed by atoms with Crippen LogP contribution < -0.4 is 4.90 Å². The zero-order valence-electron chi connectivity index (χ0n) is 16.2. The summed E-state index contributed by atoms with van der Waals surface area (Å²) in [7, 11) is 0. The minimum absolute atomic E-state index is 0.270. The van der Waals surface area contributed by atoms with Crippen LogP contribution in [0.5, 0.6) is 0 Å². The SMILES string of the molecule is CS[C@@]1(c2ccccc2)[C@@H](N2C(=O)c3ccccc3C2=O)C(=O)N1c1ccccc1. The van der Waals surface area contributed by atoms with Crippen LogP contribution in [0, 0.1) is 0 Å². The molecule has 5 nitrogen and oxygen atoms in total. The third-order valence-electron chi connectivity index (χ3n) is 5.75. The fourth-order valence-corrected chi connectivity index (χ4v) is 5.60. The summed E-state index contributed by atoms with van der Waals surface area (Å²) in [5.41, 5.74) is 2.28. The van der Waals surface area contributed by atoms with Gasteiger partial charge in [-0.15, -0.1) is 11.8 Å². The van der Waals surface area contributed by atoms with E-state index in [4.69, 9.17) is 0 Å². The number of β-lactam (4-membered cyclic amide) rings is 1. The summed E-state index contributed by atoms with van der Waals surface area (Å²) >= 11 is 1.46. The van der Waals surface area contributed by atoms with E-state index in [0.29, 0.717) is 11.1 Å². The van der Waals surface area contributed by atoms with Gasteiger partial charge in [0, 0.05) is 5.69 Å². The first kappa shape index (κ1) is 18.6. The van der Waals surface area contributed by atoms with E-state index in [1.54, 1.807) is 29.2 Å². The second-order valence-corrected chi connectivity index (χ2v) is 8.23. The minimum atomic E-state index is -0.928. The lowest BCUT2D eigenvalue weighted by Gasteiger charge is -2.58. The number of carbonyl (C=O) groups is 3. The number of hydrogen-bond acceptors (Lipinski definition) is 4. The zero-order valence-corrected chi connectivity index (χ0v) is 17.0. The highest BCUT2D eigenvalue weighted by molar-refractivity contribution is 7.99. The maximum absolute atomic E-state index is 13.5. The molecule has 3 aromatic rings. The van der Waals surface area contributed by atoms with Crippen LogP contribution in [0.25, 0.3) is 0 Å². The third kappa shape index (κ3) is 2.34. The maximum atomic E-state index is 13.5. The summed E-state index contributed by atoms with van der Waals surface area (Å²) in [5.74, 6) is -1.11. The topological polar surface area (TPSA) is 57.7 Å². The van der Waals surface area contributed by atoms with E-state index in [-0.39, 0.29) is 5.91 Å². The van der Waals surface area contributed by atoms with Crippen molar-refractivity contribution in [1.82, 2.24) is 4.90 Å². The molecule has 0 radical (unpaired) electrons. The number of rotatable bonds is 4. The van der Waals surface area contributed by atoms with Crippen LogP contribution in [-0.4, -0.2) is 34.9 Å². The Labute approximate surface area is 178 Å². The van der Waals surface area contributed by atoms with Gasteiger partial charge >= 0.3 is 0 Å². The Kier molecular flexibility index (Phi) is 4.25. The summed E-state index contributed by atoms with van der Waals surface area (Å²) in [6, 6.07) is 24.7. The third-order valence-corrected chi connectivity index (χ3v) is 7.02. The molecule has 3 amide bonds. The van der Waals surface area contributed by atoms with Crippen LogP contribution in [0.3, 0.4) is 0 Å². The number of nitrogens with zero attached hydrogens (tertiary/aromatic N) is 2. The number of fused-ring (bicyclic) bond motifs is 1. The number of amides is 3. The minimum Gasteiger partial charge on any atom is -0.288 e. The zero-order chi connectivity index (χ0) is 20.9. The number of anilines is 1. The largest absolute Gasteiger partial charge is 0.288 e. The van der Waals surface area contributed by atoms with Crippen molar-refractivity contribution in [3.8, 4) is 0 Å². The Morgan fingerprint density at radius 2 is 1.23 bits per heavy atom. The van der Waals surface area contributed by atoms with Crippen molar-refractivity contribution in [2.75, 3.05) is 11.2 Å². The number of carbonyl (C=O) groups excluding carboxylic acids is 3. The van der Waals surface area contributed by atoms with Gasteiger partial charge in [0.05, 0.1) is 11.1 Å². The summed E-state index contributed by atoms with van der Waals surface area (Å²) in [5, 5.41) is 0. The molecule has 0 aromatic heterocycles. The summed E-state index contributed by atoms with van der Waals surface area (Å²) in [6.45, 7) is 0. The molecule has 5 rings (SSSR count). The van der Waals surface area contributed by atoms with Crippen LogP contribution in [-0.2, 0) is 9.67 Å². The van der Waals surface area contributed by atoms with Crippen LogP contribution >= 0.6 is 11.8 Å². The van der Waals surface area contributed by atoms with E-state index in [1.165, 1.54) is 11.8 Å². The van der Waals surface area contributed by atoms with Gasteiger partial charge in [-0.1, -0.05) is 60.7 Å². The number of imide groups is 1. The van der Waals surface area contributed by atoms with Gasteiger partial charge in [-0.05, 0) is 36.1 Å². The molecule has 1 fully saturated rings. The highest BCUT2D eigenvalue weighted by atomic mass is 32.2. The lowest BCUT2D eigenvalue weighted by molar-refractivity contribution is -0.131. The fourth-order valence-electron chi connectivity index (χ4n) is 4.42. The number of thioether (sulfide) groups is 1. The van der Waals surface area contributed by atoms with E-state index in [0.717, 1.165) is 16.2 Å². The van der Waals surface area contributed by atoms with Crippen LogP contribution in [0.15, 0.2) is 84.9 Å². The Hall–Kier alpha value is -3.38. The molecule has 2 aliphatic heterocycles. The van der Waals surface area contributed by atoms with Gasteiger partial charge in [-0.25, -0.2) is 0 Å². The van der Waals surface area contributed by atoms with E-state index >= 15 is 0 Å². The van der Waals surface area contributed by atoms with Gasteiger partial charge in [0.25, 0.3) is 17.7 Å². The molecule has 3 aromatic carbocycles. The van der Waals surface area contributed by atoms with E-state index < -0.39 is 22.7 Å². The van der Waals surface area contributed by atoms with E-state index in [9.17, 15) is 14.4 Å². The molecular formula is C24H18N2O3S. The van der Waals surface area contributed by atoms with E-state index in [1.807, 2.05) is 66.9 Å². The Balaban J connectivity index is 1.68. The maximum Gasteiger partial charge on any atom is 0.262 e. The molecule has 1 saturated heterocycles.